The Bertz CT molecular complexity index is 1510. The molecule has 0 spiro atoms. The van der Waals surface area contributed by atoms with Gasteiger partial charge < -0.3 is 10.1 Å². The van der Waals surface area contributed by atoms with Crippen LogP contribution in [0.5, 0.6) is 5.75 Å². The molecule has 5 nitrogen and oxygen atoms in total. The van der Waals surface area contributed by atoms with Crippen molar-refractivity contribution in [1.82, 2.24) is 15.0 Å². The first-order chi connectivity index (χ1) is 18.6. The van der Waals surface area contributed by atoms with Crippen molar-refractivity contribution in [3.05, 3.63) is 88.7 Å². The molecule has 0 amide bonds. The van der Waals surface area contributed by atoms with Gasteiger partial charge in [-0.15, -0.1) is 0 Å². The van der Waals surface area contributed by atoms with Crippen LogP contribution in [-0.2, 0) is 19.4 Å². The van der Waals surface area contributed by atoms with Gasteiger partial charge in [-0.05, 0) is 108 Å². The van der Waals surface area contributed by atoms with Crippen LogP contribution in [0.4, 0.5) is 5.82 Å². The lowest BCUT2D eigenvalue weighted by atomic mass is 9.70. The SMILES string of the molecule is COc1cccc(C2CC3(C)C[C@@H]23)c1-c1nc(NCc2ccc(-c3ccccn3)nc2)c2c(c1C)CCC2. The third-order valence-corrected chi connectivity index (χ3v) is 9.26. The fourth-order valence-corrected chi connectivity index (χ4v) is 6.99. The molecule has 0 aliphatic heterocycles. The Morgan fingerprint density at radius 2 is 1.84 bits per heavy atom. The summed E-state index contributed by atoms with van der Waals surface area (Å²) in [6.07, 6.45) is 9.73. The number of methoxy groups -OCH3 is 1. The predicted molar refractivity (Wildman–Crippen MR) is 151 cm³/mol. The van der Waals surface area contributed by atoms with Crippen LogP contribution in [-0.4, -0.2) is 22.1 Å². The highest BCUT2D eigenvalue weighted by molar-refractivity contribution is 5.78. The molecule has 4 aromatic rings. The lowest BCUT2D eigenvalue weighted by Crippen LogP contribution is -2.22. The van der Waals surface area contributed by atoms with E-state index in [2.05, 4.69) is 53.4 Å². The van der Waals surface area contributed by atoms with Crippen LogP contribution < -0.4 is 10.1 Å². The lowest BCUT2D eigenvalue weighted by molar-refractivity contribution is 0.270. The molecular formula is C33H34N4O. The van der Waals surface area contributed by atoms with E-state index in [9.17, 15) is 0 Å². The second-order valence-electron chi connectivity index (χ2n) is 11.6. The summed E-state index contributed by atoms with van der Waals surface area (Å²) in [7, 11) is 1.79. The van der Waals surface area contributed by atoms with E-state index >= 15 is 0 Å². The molecule has 0 bridgehead atoms. The van der Waals surface area contributed by atoms with Crippen LogP contribution in [0.2, 0.25) is 0 Å². The van der Waals surface area contributed by atoms with Crippen LogP contribution in [0.3, 0.4) is 0 Å². The maximum Gasteiger partial charge on any atom is 0.130 e. The molecule has 7 rings (SSSR count). The van der Waals surface area contributed by atoms with Gasteiger partial charge in [0, 0.05) is 24.5 Å². The number of anilines is 1. The molecule has 1 aromatic carbocycles. The van der Waals surface area contributed by atoms with Gasteiger partial charge >= 0.3 is 0 Å². The number of hydrogen-bond donors (Lipinski definition) is 1. The molecule has 5 heteroatoms. The minimum absolute atomic E-state index is 0.568. The molecule has 3 atom stereocenters. The summed E-state index contributed by atoms with van der Waals surface area (Å²) in [5, 5.41) is 3.69. The number of nitrogens with zero attached hydrogens (tertiary/aromatic N) is 3. The zero-order valence-corrected chi connectivity index (χ0v) is 22.4. The van der Waals surface area contributed by atoms with Crippen molar-refractivity contribution in [2.24, 2.45) is 11.3 Å². The van der Waals surface area contributed by atoms with E-state index in [4.69, 9.17) is 9.72 Å². The molecule has 3 aliphatic rings. The van der Waals surface area contributed by atoms with Crippen LogP contribution in [0.15, 0.2) is 60.9 Å². The fourth-order valence-electron chi connectivity index (χ4n) is 6.99. The monoisotopic (exact) mass is 502 g/mol. The van der Waals surface area contributed by atoms with Crippen molar-refractivity contribution in [1.29, 1.82) is 0 Å². The van der Waals surface area contributed by atoms with Gasteiger partial charge in [-0.2, -0.15) is 0 Å². The molecule has 0 saturated heterocycles. The Morgan fingerprint density at radius 1 is 0.974 bits per heavy atom. The summed E-state index contributed by atoms with van der Waals surface area (Å²) in [6.45, 7) is 5.38. The van der Waals surface area contributed by atoms with Crippen molar-refractivity contribution in [3.63, 3.8) is 0 Å². The molecule has 3 aliphatic carbocycles. The molecular weight excluding hydrogens is 468 g/mol. The van der Waals surface area contributed by atoms with Crippen molar-refractivity contribution >= 4 is 5.82 Å². The quantitative estimate of drug-likeness (QED) is 0.291. The molecule has 2 unspecified atom stereocenters. The third kappa shape index (κ3) is 3.79. The molecule has 3 aromatic heterocycles. The number of pyridine rings is 3. The summed E-state index contributed by atoms with van der Waals surface area (Å²) >= 11 is 0. The van der Waals surface area contributed by atoms with E-state index in [1.807, 2.05) is 30.5 Å². The van der Waals surface area contributed by atoms with E-state index in [-0.39, 0.29) is 0 Å². The van der Waals surface area contributed by atoms with Crippen LogP contribution in [0.1, 0.15) is 59.9 Å². The maximum atomic E-state index is 5.95. The molecule has 3 heterocycles. The highest BCUT2D eigenvalue weighted by Crippen LogP contribution is 2.74. The predicted octanol–water partition coefficient (Wildman–Crippen LogP) is 7.14. The Labute approximate surface area is 224 Å². The third-order valence-electron chi connectivity index (χ3n) is 9.26. The molecule has 2 saturated carbocycles. The summed E-state index contributed by atoms with van der Waals surface area (Å²) in [5.74, 6) is 3.36. The highest BCUT2D eigenvalue weighted by atomic mass is 16.5. The molecule has 1 N–H and O–H groups in total. The molecule has 192 valence electrons. The number of benzene rings is 1. The number of rotatable bonds is 7. The van der Waals surface area contributed by atoms with E-state index in [0.29, 0.717) is 17.9 Å². The smallest absolute Gasteiger partial charge is 0.130 e. The minimum Gasteiger partial charge on any atom is -0.496 e. The maximum absolute atomic E-state index is 5.95. The van der Waals surface area contributed by atoms with Gasteiger partial charge in [0.25, 0.3) is 0 Å². The first kappa shape index (κ1) is 23.4. The van der Waals surface area contributed by atoms with Gasteiger partial charge in [-0.1, -0.05) is 31.2 Å². The Balaban J connectivity index is 1.23. The highest BCUT2D eigenvalue weighted by Gasteiger charge is 2.64. The van der Waals surface area contributed by atoms with Gasteiger partial charge in [0.05, 0.1) is 24.2 Å². The van der Waals surface area contributed by atoms with E-state index < -0.39 is 0 Å². The number of hydrogen-bond acceptors (Lipinski definition) is 5. The topological polar surface area (TPSA) is 59.9 Å². The minimum atomic E-state index is 0.568. The van der Waals surface area contributed by atoms with Crippen LogP contribution >= 0.6 is 0 Å². The second kappa shape index (κ2) is 8.93. The summed E-state index contributed by atoms with van der Waals surface area (Å²) < 4.78 is 5.95. The van der Waals surface area contributed by atoms with E-state index in [1.165, 1.54) is 47.1 Å². The first-order valence-corrected chi connectivity index (χ1v) is 13.9. The van der Waals surface area contributed by atoms with Crippen LogP contribution in [0.25, 0.3) is 22.6 Å². The van der Waals surface area contributed by atoms with Crippen molar-refractivity contribution in [3.8, 4) is 28.4 Å². The van der Waals surface area contributed by atoms with Gasteiger partial charge in [0.15, 0.2) is 0 Å². The zero-order chi connectivity index (χ0) is 25.9. The number of ether oxygens (including phenoxy) is 1. The number of nitrogens with one attached hydrogen (secondary N) is 1. The number of aromatic nitrogens is 3. The first-order valence-electron chi connectivity index (χ1n) is 13.9. The normalized spacial score (nSPS) is 22.8. The largest absolute Gasteiger partial charge is 0.496 e. The average molecular weight is 503 g/mol. The fraction of sp³-hybridized carbons (Fsp3) is 0.364. The molecule has 0 radical (unpaired) electrons. The van der Waals surface area contributed by atoms with E-state index in [0.717, 1.165) is 53.0 Å². The van der Waals surface area contributed by atoms with Crippen molar-refractivity contribution in [2.45, 2.75) is 58.4 Å². The van der Waals surface area contributed by atoms with Gasteiger partial charge in [0.1, 0.15) is 11.6 Å². The van der Waals surface area contributed by atoms with Crippen molar-refractivity contribution < 1.29 is 4.74 Å². The Hall–Kier alpha value is -3.73. The Kier molecular flexibility index (Phi) is 5.50. The summed E-state index contributed by atoms with van der Waals surface area (Å²) in [5.41, 5.74) is 11.3. The van der Waals surface area contributed by atoms with Gasteiger partial charge in [-0.25, -0.2) is 4.98 Å². The van der Waals surface area contributed by atoms with Crippen molar-refractivity contribution in [2.75, 3.05) is 12.4 Å². The van der Waals surface area contributed by atoms with Gasteiger partial charge in [-0.3, -0.25) is 9.97 Å². The molecule has 2 fully saturated rings. The zero-order valence-electron chi connectivity index (χ0n) is 22.4. The lowest BCUT2D eigenvalue weighted by Gasteiger charge is -2.34. The Morgan fingerprint density at radius 3 is 2.55 bits per heavy atom. The average Bonchev–Trinajstić information content (AvgIpc) is 3.28. The van der Waals surface area contributed by atoms with Crippen LogP contribution in [0, 0.1) is 18.3 Å². The molecule has 38 heavy (non-hydrogen) atoms. The second-order valence-corrected chi connectivity index (χ2v) is 11.6. The number of fused-ring (bicyclic) bond motifs is 2. The summed E-state index contributed by atoms with van der Waals surface area (Å²) in [6, 6.07) is 16.6. The standard InChI is InChI=1S/C33H34N4O/c1-20-22-8-6-10-24(22)32(36-19-21-13-14-28(35-18-21)27-11-4-5-15-34-27)37-31(20)30-23(9-7-12-29(30)38-3)25-16-33(2)17-26(25)33/h4-5,7,9,11-15,18,25-26H,6,8,10,16-17,19H2,1-3H3,(H,36,37)/t25?,26-,33?/m0/s1. The van der Waals surface area contributed by atoms with E-state index in [1.54, 1.807) is 13.3 Å². The summed E-state index contributed by atoms with van der Waals surface area (Å²) in [4.78, 5) is 14.4. The van der Waals surface area contributed by atoms with Gasteiger partial charge in [0.2, 0.25) is 0 Å².